The molecular weight excluding hydrogens is 194 g/mol. The van der Waals surface area contributed by atoms with Gasteiger partial charge in [0, 0.05) is 13.5 Å². The van der Waals surface area contributed by atoms with E-state index in [2.05, 4.69) is 13.8 Å². The zero-order chi connectivity index (χ0) is 11.7. The quantitative estimate of drug-likeness (QED) is 0.490. The first-order valence-corrected chi connectivity index (χ1v) is 5.44. The van der Waals surface area contributed by atoms with E-state index in [0.29, 0.717) is 32.1 Å². The molecule has 0 aromatic rings. The molecule has 0 aliphatic carbocycles. The highest BCUT2D eigenvalue weighted by molar-refractivity contribution is 5.69. The van der Waals surface area contributed by atoms with Crippen LogP contribution in [-0.2, 0) is 14.3 Å². The summed E-state index contributed by atoms with van der Waals surface area (Å²) in [5.74, 6) is 0.619. The van der Waals surface area contributed by atoms with Gasteiger partial charge in [0.15, 0.2) is 0 Å². The Morgan fingerprint density at radius 1 is 1.33 bits per heavy atom. The van der Waals surface area contributed by atoms with E-state index in [4.69, 9.17) is 15.2 Å². The van der Waals surface area contributed by atoms with Crippen LogP contribution in [0.2, 0.25) is 0 Å². The van der Waals surface area contributed by atoms with E-state index in [1.54, 1.807) is 7.11 Å². The summed E-state index contributed by atoms with van der Waals surface area (Å²) in [5.41, 5.74) is 5.59. The Bertz CT molecular complexity index is 171. The topological polar surface area (TPSA) is 61.5 Å². The molecule has 0 saturated heterocycles. The van der Waals surface area contributed by atoms with Crippen molar-refractivity contribution >= 4 is 5.97 Å². The monoisotopic (exact) mass is 217 g/mol. The largest absolute Gasteiger partial charge is 0.463 e. The van der Waals surface area contributed by atoms with Crippen molar-refractivity contribution in [3.63, 3.8) is 0 Å². The summed E-state index contributed by atoms with van der Waals surface area (Å²) < 4.78 is 9.76. The van der Waals surface area contributed by atoms with Crippen LogP contribution in [0, 0.1) is 11.8 Å². The van der Waals surface area contributed by atoms with E-state index in [0.717, 1.165) is 6.42 Å². The number of hydrogen-bond donors (Lipinski definition) is 1. The lowest BCUT2D eigenvalue weighted by Crippen LogP contribution is -2.21. The van der Waals surface area contributed by atoms with Crippen LogP contribution < -0.4 is 5.73 Å². The molecule has 4 heteroatoms. The second kappa shape index (κ2) is 8.68. The van der Waals surface area contributed by atoms with Crippen LogP contribution in [0.1, 0.15) is 26.7 Å². The average molecular weight is 217 g/mol. The summed E-state index contributed by atoms with van der Waals surface area (Å²) in [6.45, 7) is 5.56. The predicted molar refractivity (Wildman–Crippen MR) is 59.5 cm³/mol. The first-order valence-electron chi connectivity index (χ1n) is 5.44. The van der Waals surface area contributed by atoms with Gasteiger partial charge in [0.25, 0.3) is 0 Å². The van der Waals surface area contributed by atoms with Crippen LogP contribution >= 0.6 is 0 Å². The molecule has 0 aliphatic rings. The molecule has 0 aliphatic heterocycles. The highest BCUT2D eigenvalue weighted by Crippen LogP contribution is 2.14. The number of nitrogens with two attached hydrogens (primary N) is 1. The van der Waals surface area contributed by atoms with Gasteiger partial charge >= 0.3 is 5.97 Å². The second-order valence-corrected chi connectivity index (χ2v) is 4.15. The molecule has 0 bridgehead atoms. The standard InChI is InChI=1S/C11H23NO3/c1-9(2)6-10(8-12)7-11(13)15-5-4-14-3/h9-10H,4-8,12H2,1-3H3. The van der Waals surface area contributed by atoms with Crippen molar-refractivity contribution in [3.05, 3.63) is 0 Å². The Kier molecular flexibility index (Phi) is 8.33. The van der Waals surface area contributed by atoms with Gasteiger partial charge in [0.05, 0.1) is 6.61 Å². The van der Waals surface area contributed by atoms with E-state index in [1.165, 1.54) is 0 Å². The summed E-state index contributed by atoms with van der Waals surface area (Å²) >= 11 is 0. The Balaban J connectivity index is 3.70. The molecule has 90 valence electrons. The summed E-state index contributed by atoms with van der Waals surface area (Å²) in [6, 6.07) is 0. The van der Waals surface area contributed by atoms with E-state index >= 15 is 0 Å². The maximum Gasteiger partial charge on any atom is 0.306 e. The molecule has 0 aromatic heterocycles. The molecule has 0 aromatic carbocycles. The second-order valence-electron chi connectivity index (χ2n) is 4.15. The fraction of sp³-hybridized carbons (Fsp3) is 0.909. The summed E-state index contributed by atoms with van der Waals surface area (Å²) in [5, 5.41) is 0. The molecule has 4 nitrogen and oxygen atoms in total. The summed E-state index contributed by atoms with van der Waals surface area (Å²) in [6.07, 6.45) is 1.38. The third kappa shape index (κ3) is 8.39. The average Bonchev–Trinajstić information content (AvgIpc) is 2.16. The maximum absolute atomic E-state index is 11.3. The number of ether oxygens (including phenoxy) is 2. The number of hydrogen-bond acceptors (Lipinski definition) is 4. The third-order valence-electron chi connectivity index (χ3n) is 2.14. The highest BCUT2D eigenvalue weighted by atomic mass is 16.6. The van der Waals surface area contributed by atoms with Gasteiger partial charge in [-0.05, 0) is 24.8 Å². The minimum absolute atomic E-state index is 0.178. The molecule has 15 heavy (non-hydrogen) atoms. The number of carbonyl (C=O) groups is 1. The van der Waals surface area contributed by atoms with Crippen LogP contribution in [0.3, 0.4) is 0 Å². The molecule has 1 unspecified atom stereocenters. The zero-order valence-corrected chi connectivity index (χ0v) is 9.99. The van der Waals surface area contributed by atoms with Crippen LogP contribution in [-0.4, -0.2) is 32.8 Å². The first kappa shape index (κ1) is 14.4. The molecule has 0 fully saturated rings. The molecular formula is C11H23NO3. The van der Waals surface area contributed by atoms with Crippen LogP contribution in [0.4, 0.5) is 0 Å². The maximum atomic E-state index is 11.3. The lowest BCUT2D eigenvalue weighted by molar-refractivity contribution is -0.146. The molecule has 0 saturated carbocycles. The predicted octanol–water partition coefficient (Wildman–Crippen LogP) is 1.19. The molecule has 0 radical (unpaired) electrons. The van der Waals surface area contributed by atoms with E-state index in [1.807, 2.05) is 0 Å². The van der Waals surface area contributed by atoms with Crippen molar-refractivity contribution in [1.82, 2.24) is 0 Å². The minimum atomic E-state index is -0.178. The number of rotatable bonds is 8. The van der Waals surface area contributed by atoms with E-state index in [9.17, 15) is 4.79 Å². The lowest BCUT2D eigenvalue weighted by atomic mass is 9.94. The van der Waals surface area contributed by atoms with Gasteiger partial charge in [-0.25, -0.2) is 0 Å². The van der Waals surface area contributed by atoms with Gasteiger partial charge in [0.2, 0.25) is 0 Å². The molecule has 2 N–H and O–H groups in total. The van der Waals surface area contributed by atoms with Crippen molar-refractivity contribution in [1.29, 1.82) is 0 Å². The number of methoxy groups -OCH3 is 1. The van der Waals surface area contributed by atoms with Gasteiger partial charge in [-0.3, -0.25) is 4.79 Å². The Morgan fingerprint density at radius 3 is 2.47 bits per heavy atom. The third-order valence-corrected chi connectivity index (χ3v) is 2.14. The van der Waals surface area contributed by atoms with Crippen LogP contribution in [0.25, 0.3) is 0 Å². The molecule has 0 spiro atoms. The van der Waals surface area contributed by atoms with E-state index < -0.39 is 0 Å². The Labute approximate surface area is 92.1 Å². The molecule has 1 atom stereocenters. The highest BCUT2D eigenvalue weighted by Gasteiger charge is 2.14. The van der Waals surface area contributed by atoms with Crippen molar-refractivity contribution in [2.75, 3.05) is 26.9 Å². The Hall–Kier alpha value is -0.610. The van der Waals surface area contributed by atoms with Gasteiger partial charge in [-0.2, -0.15) is 0 Å². The summed E-state index contributed by atoms with van der Waals surface area (Å²) in [7, 11) is 1.58. The molecule has 0 amide bonds. The summed E-state index contributed by atoms with van der Waals surface area (Å²) in [4.78, 5) is 11.3. The van der Waals surface area contributed by atoms with Crippen molar-refractivity contribution in [2.24, 2.45) is 17.6 Å². The van der Waals surface area contributed by atoms with Crippen molar-refractivity contribution < 1.29 is 14.3 Å². The van der Waals surface area contributed by atoms with E-state index in [-0.39, 0.29) is 11.9 Å². The fourth-order valence-electron chi connectivity index (χ4n) is 1.46. The lowest BCUT2D eigenvalue weighted by Gasteiger charge is -2.15. The van der Waals surface area contributed by atoms with Gasteiger partial charge < -0.3 is 15.2 Å². The van der Waals surface area contributed by atoms with Gasteiger partial charge in [-0.1, -0.05) is 13.8 Å². The van der Waals surface area contributed by atoms with Crippen molar-refractivity contribution in [2.45, 2.75) is 26.7 Å². The number of esters is 1. The molecule has 0 rings (SSSR count). The fourth-order valence-corrected chi connectivity index (χ4v) is 1.46. The van der Waals surface area contributed by atoms with Gasteiger partial charge in [-0.15, -0.1) is 0 Å². The van der Waals surface area contributed by atoms with Crippen molar-refractivity contribution in [3.8, 4) is 0 Å². The van der Waals surface area contributed by atoms with Crippen LogP contribution in [0.15, 0.2) is 0 Å². The SMILES string of the molecule is COCCOC(=O)CC(CN)CC(C)C. The molecule has 0 heterocycles. The smallest absolute Gasteiger partial charge is 0.306 e. The zero-order valence-electron chi connectivity index (χ0n) is 9.99. The first-order chi connectivity index (χ1) is 7.10. The van der Waals surface area contributed by atoms with Gasteiger partial charge in [0.1, 0.15) is 6.61 Å². The minimum Gasteiger partial charge on any atom is -0.463 e. The Morgan fingerprint density at radius 2 is 2.00 bits per heavy atom. The van der Waals surface area contributed by atoms with Crippen LogP contribution in [0.5, 0.6) is 0 Å². The number of carbonyl (C=O) groups excluding carboxylic acids is 1. The normalized spacial score (nSPS) is 12.9.